The van der Waals surface area contributed by atoms with Gasteiger partial charge in [-0.2, -0.15) is 0 Å². The zero-order chi connectivity index (χ0) is 12.0. The standard InChI is InChI=1S/C12H18O4/c1-2-3-4-5-6-9(13)11-10(14)7-8-16-12(11)15/h13H,2-8H2,1H3/b11-9-. The molecule has 1 fully saturated rings. The number of ketones is 1. The molecule has 16 heavy (non-hydrogen) atoms. The first-order chi connectivity index (χ1) is 7.66. The van der Waals surface area contributed by atoms with E-state index in [9.17, 15) is 14.7 Å². The van der Waals surface area contributed by atoms with Crippen LogP contribution in [0, 0.1) is 0 Å². The van der Waals surface area contributed by atoms with Crippen LogP contribution in [0.1, 0.15) is 45.4 Å². The van der Waals surface area contributed by atoms with Crippen LogP contribution >= 0.6 is 0 Å². The third kappa shape index (κ3) is 3.36. The molecule has 1 aliphatic heterocycles. The van der Waals surface area contributed by atoms with Gasteiger partial charge in [0.05, 0.1) is 6.61 Å². The van der Waals surface area contributed by atoms with Crippen LogP contribution in [0.15, 0.2) is 11.3 Å². The van der Waals surface area contributed by atoms with Crippen molar-refractivity contribution < 1.29 is 19.4 Å². The quantitative estimate of drug-likeness (QED) is 0.257. The van der Waals surface area contributed by atoms with Gasteiger partial charge in [0.1, 0.15) is 11.3 Å². The number of carbonyl (C=O) groups excluding carboxylic acids is 2. The van der Waals surface area contributed by atoms with Crippen molar-refractivity contribution in [2.75, 3.05) is 6.61 Å². The average Bonchev–Trinajstić information content (AvgIpc) is 2.24. The minimum atomic E-state index is -0.677. The Labute approximate surface area is 95.3 Å². The molecule has 0 spiro atoms. The van der Waals surface area contributed by atoms with E-state index in [1.807, 2.05) is 0 Å². The maximum atomic E-state index is 11.4. The number of aliphatic hydroxyl groups is 1. The third-order valence-electron chi connectivity index (χ3n) is 2.60. The van der Waals surface area contributed by atoms with Crippen molar-refractivity contribution in [3.63, 3.8) is 0 Å². The van der Waals surface area contributed by atoms with Gasteiger partial charge >= 0.3 is 5.97 Å². The Bertz CT molecular complexity index is 286. The fourth-order valence-corrected chi connectivity index (χ4v) is 1.67. The van der Waals surface area contributed by atoms with E-state index in [0.29, 0.717) is 6.42 Å². The SMILES string of the molecule is CCCCCC/C(O)=C1\C(=O)CCOC1=O. The maximum absolute atomic E-state index is 11.4. The zero-order valence-corrected chi connectivity index (χ0v) is 9.62. The van der Waals surface area contributed by atoms with E-state index in [1.165, 1.54) is 0 Å². The number of hydrogen-bond acceptors (Lipinski definition) is 4. The fourth-order valence-electron chi connectivity index (χ4n) is 1.67. The van der Waals surface area contributed by atoms with E-state index < -0.39 is 5.97 Å². The molecular formula is C12H18O4. The Kier molecular flexibility index (Phi) is 5.02. The minimum absolute atomic E-state index is 0.106. The lowest BCUT2D eigenvalue weighted by Gasteiger charge is -2.14. The number of ether oxygens (including phenoxy) is 1. The average molecular weight is 226 g/mol. The highest BCUT2D eigenvalue weighted by Gasteiger charge is 2.28. The topological polar surface area (TPSA) is 63.6 Å². The second kappa shape index (κ2) is 6.30. The van der Waals surface area contributed by atoms with Crippen LogP contribution in [0.5, 0.6) is 0 Å². The molecule has 0 aliphatic carbocycles. The van der Waals surface area contributed by atoms with Gasteiger partial charge in [-0.3, -0.25) is 4.79 Å². The lowest BCUT2D eigenvalue weighted by Crippen LogP contribution is -2.25. The number of hydrogen-bond donors (Lipinski definition) is 1. The smallest absolute Gasteiger partial charge is 0.345 e. The van der Waals surface area contributed by atoms with Crippen molar-refractivity contribution in [3.8, 4) is 0 Å². The number of rotatable bonds is 5. The number of cyclic esters (lactones) is 1. The van der Waals surface area contributed by atoms with Crippen LogP contribution in [-0.4, -0.2) is 23.5 Å². The summed E-state index contributed by atoms with van der Waals surface area (Å²) in [6.07, 6.45) is 4.57. The third-order valence-corrected chi connectivity index (χ3v) is 2.60. The van der Waals surface area contributed by atoms with Gasteiger partial charge in [0.25, 0.3) is 0 Å². The number of unbranched alkanes of at least 4 members (excludes halogenated alkanes) is 3. The van der Waals surface area contributed by atoms with Crippen molar-refractivity contribution in [3.05, 3.63) is 11.3 Å². The molecule has 0 bridgehead atoms. The second-order valence-corrected chi connectivity index (χ2v) is 3.94. The Morgan fingerprint density at radius 2 is 2.06 bits per heavy atom. The molecule has 0 amide bonds. The molecule has 0 saturated carbocycles. The summed E-state index contributed by atoms with van der Waals surface area (Å²) in [5.74, 6) is -1.08. The van der Waals surface area contributed by atoms with Gasteiger partial charge in [-0.25, -0.2) is 4.79 Å². The van der Waals surface area contributed by atoms with Gasteiger partial charge in [0, 0.05) is 12.8 Å². The summed E-state index contributed by atoms with van der Waals surface area (Å²) in [6, 6.07) is 0. The molecular weight excluding hydrogens is 208 g/mol. The fraction of sp³-hybridized carbons (Fsp3) is 0.667. The first kappa shape index (κ1) is 12.7. The molecule has 0 aromatic heterocycles. The molecule has 0 aromatic rings. The van der Waals surface area contributed by atoms with Gasteiger partial charge in [0.2, 0.25) is 0 Å². The van der Waals surface area contributed by atoms with Crippen LogP contribution in [0.3, 0.4) is 0 Å². The second-order valence-electron chi connectivity index (χ2n) is 3.94. The first-order valence-corrected chi connectivity index (χ1v) is 5.79. The lowest BCUT2D eigenvalue weighted by molar-refractivity contribution is -0.144. The molecule has 1 N–H and O–H groups in total. The Hall–Kier alpha value is -1.32. The highest BCUT2D eigenvalue weighted by atomic mass is 16.5. The Morgan fingerprint density at radius 3 is 2.69 bits per heavy atom. The van der Waals surface area contributed by atoms with Gasteiger partial charge in [0.15, 0.2) is 5.78 Å². The largest absolute Gasteiger partial charge is 0.511 e. The summed E-state index contributed by atoms with van der Waals surface area (Å²) >= 11 is 0. The van der Waals surface area contributed by atoms with Crippen molar-refractivity contribution in [2.24, 2.45) is 0 Å². The highest BCUT2D eigenvalue weighted by molar-refractivity contribution is 6.18. The molecule has 0 aromatic carbocycles. The van der Waals surface area contributed by atoms with Gasteiger partial charge in [-0.15, -0.1) is 0 Å². The summed E-state index contributed by atoms with van der Waals surface area (Å²) in [6.45, 7) is 2.23. The van der Waals surface area contributed by atoms with Gasteiger partial charge in [-0.1, -0.05) is 26.2 Å². The van der Waals surface area contributed by atoms with Crippen LogP contribution < -0.4 is 0 Å². The highest BCUT2D eigenvalue weighted by Crippen LogP contribution is 2.18. The Balaban J connectivity index is 2.55. The normalized spacial score (nSPS) is 19.6. The molecule has 4 nitrogen and oxygen atoms in total. The van der Waals surface area contributed by atoms with Crippen LogP contribution in [0.4, 0.5) is 0 Å². The predicted octanol–water partition coefficient (Wildman–Crippen LogP) is 2.28. The molecule has 0 radical (unpaired) electrons. The number of carbonyl (C=O) groups is 2. The summed E-state index contributed by atoms with van der Waals surface area (Å²) in [5, 5.41) is 9.67. The van der Waals surface area contributed by atoms with Crippen molar-refractivity contribution in [1.82, 2.24) is 0 Å². The lowest BCUT2D eigenvalue weighted by atomic mass is 10.0. The van der Waals surface area contributed by atoms with Crippen LogP contribution in [-0.2, 0) is 14.3 Å². The number of aliphatic hydroxyl groups excluding tert-OH is 1. The van der Waals surface area contributed by atoms with E-state index in [1.54, 1.807) is 0 Å². The summed E-state index contributed by atoms with van der Waals surface area (Å²) < 4.78 is 4.73. The summed E-state index contributed by atoms with van der Waals surface area (Å²) in [5.41, 5.74) is -0.136. The van der Waals surface area contributed by atoms with Gasteiger partial charge in [-0.05, 0) is 6.42 Å². The molecule has 1 saturated heterocycles. The summed E-state index contributed by atoms with van der Waals surface area (Å²) in [7, 11) is 0. The van der Waals surface area contributed by atoms with Crippen molar-refractivity contribution in [1.29, 1.82) is 0 Å². The molecule has 4 heteroatoms. The van der Waals surface area contributed by atoms with E-state index >= 15 is 0 Å². The number of Topliss-reactive ketones (excluding diaryl/α,β-unsaturated/α-hetero) is 1. The van der Waals surface area contributed by atoms with E-state index in [4.69, 9.17) is 4.74 Å². The molecule has 0 atom stereocenters. The maximum Gasteiger partial charge on any atom is 0.345 e. The van der Waals surface area contributed by atoms with E-state index in [-0.39, 0.29) is 30.1 Å². The van der Waals surface area contributed by atoms with Crippen molar-refractivity contribution >= 4 is 11.8 Å². The first-order valence-electron chi connectivity index (χ1n) is 5.79. The van der Waals surface area contributed by atoms with Gasteiger partial charge < -0.3 is 9.84 Å². The molecule has 90 valence electrons. The number of esters is 1. The zero-order valence-electron chi connectivity index (χ0n) is 9.62. The summed E-state index contributed by atoms with van der Waals surface area (Å²) in [4.78, 5) is 22.7. The number of allylic oxidation sites excluding steroid dienone is 1. The monoisotopic (exact) mass is 226 g/mol. The Morgan fingerprint density at radius 1 is 1.31 bits per heavy atom. The van der Waals surface area contributed by atoms with E-state index in [0.717, 1.165) is 25.7 Å². The molecule has 0 unspecified atom stereocenters. The minimum Gasteiger partial charge on any atom is -0.511 e. The predicted molar refractivity (Wildman–Crippen MR) is 59.0 cm³/mol. The van der Waals surface area contributed by atoms with Crippen LogP contribution in [0.25, 0.3) is 0 Å². The molecule has 1 rings (SSSR count). The van der Waals surface area contributed by atoms with Crippen LogP contribution in [0.2, 0.25) is 0 Å². The molecule has 1 aliphatic rings. The van der Waals surface area contributed by atoms with Crippen molar-refractivity contribution in [2.45, 2.75) is 45.4 Å². The van der Waals surface area contributed by atoms with E-state index in [2.05, 4.69) is 6.92 Å². The molecule has 1 heterocycles.